The third-order valence-electron chi connectivity index (χ3n) is 3.70. The van der Waals surface area contributed by atoms with Crippen molar-refractivity contribution in [2.75, 3.05) is 26.2 Å². The molecule has 1 N–H and O–H groups in total. The second-order valence-corrected chi connectivity index (χ2v) is 5.24. The average molecular weight is 286 g/mol. The largest absolute Gasteiger partial charge is 0.311 e. The zero-order chi connectivity index (χ0) is 14.9. The molecule has 1 aromatic carbocycles. The second kappa shape index (κ2) is 8.60. The topological polar surface area (TPSA) is 33.1 Å². The number of aromatic nitrogens is 2. The number of hydrogen-bond donors (Lipinski definition) is 1. The van der Waals surface area contributed by atoms with Gasteiger partial charge >= 0.3 is 0 Å². The van der Waals surface area contributed by atoms with Crippen LogP contribution in [0.1, 0.15) is 25.0 Å². The van der Waals surface area contributed by atoms with Crippen molar-refractivity contribution in [2.45, 2.75) is 26.9 Å². The highest BCUT2D eigenvalue weighted by molar-refractivity contribution is 5.15. The van der Waals surface area contributed by atoms with Gasteiger partial charge in [-0.1, -0.05) is 44.2 Å². The first-order valence-corrected chi connectivity index (χ1v) is 7.80. The third-order valence-corrected chi connectivity index (χ3v) is 3.70. The van der Waals surface area contributed by atoms with Gasteiger partial charge in [0.25, 0.3) is 0 Å². The average Bonchev–Trinajstić information content (AvgIpc) is 2.96. The van der Waals surface area contributed by atoms with Crippen LogP contribution >= 0.6 is 0 Å². The highest BCUT2D eigenvalue weighted by Gasteiger charge is 2.01. The van der Waals surface area contributed by atoms with E-state index in [1.807, 2.05) is 16.9 Å². The molecule has 2 aromatic rings. The third kappa shape index (κ3) is 5.33. The molecule has 0 amide bonds. The predicted molar refractivity (Wildman–Crippen MR) is 87.3 cm³/mol. The molecule has 0 spiro atoms. The van der Waals surface area contributed by atoms with Crippen LogP contribution < -0.4 is 5.32 Å². The van der Waals surface area contributed by atoms with Gasteiger partial charge in [0.05, 0.1) is 12.7 Å². The summed E-state index contributed by atoms with van der Waals surface area (Å²) in [4.78, 5) is 2.42. The van der Waals surface area contributed by atoms with Crippen molar-refractivity contribution in [3.8, 4) is 0 Å². The molecule has 21 heavy (non-hydrogen) atoms. The molecule has 114 valence electrons. The van der Waals surface area contributed by atoms with Gasteiger partial charge in [-0.15, -0.1) is 0 Å². The Morgan fingerprint density at radius 2 is 1.86 bits per heavy atom. The molecule has 0 aliphatic carbocycles. The molecule has 2 rings (SSSR count). The van der Waals surface area contributed by atoms with Crippen LogP contribution in [0.5, 0.6) is 0 Å². The van der Waals surface area contributed by atoms with E-state index in [0.29, 0.717) is 0 Å². The minimum atomic E-state index is 0.834. The molecular weight excluding hydrogens is 260 g/mol. The van der Waals surface area contributed by atoms with E-state index in [1.165, 1.54) is 11.1 Å². The van der Waals surface area contributed by atoms with E-state index in [-0.39, 0.29) is 0 Å². The van der Waals surface area contributed by atoms with Crippen molar-refractivity contribution >= 4 is 0 Å². The van der Waals surface area contributed by atoms with Gasteiger partial charge in [0.1, 0.15) is 0 Å². The number of benzene rings is 1. The fourth-order valence-electron chi connectivity index (χ4n) is 2.36. The summed E-state index contributed by atoms with van der Waals surface area (Å²) in [5.41, 5.74) is 2.52. The maximum absolute atomic E-state index is 4.42. The summed E-state index contributed by atoms with van der Waals surface area (Å²) in [6, 6.07) is 10.4. The van der Waals surface area contributed by atoms with Crippen LogP contribution in [0.25, 0.3) is 0 Å². The molecule has 0 aliphatic heterocycles. The number of hydrogen-bond acceptors (Lipinski definition) is 3. The van der Waals surface area contributed by atoms with E-state index < -0.39 is 0 Å². The lowest BCUT2D eigenvalue weighted by molar-refractivity contribution is 0.302. The maximum atomic E-state index is 4.42. The molecule has 0 aliphatic rings. The van der Waals surface area contributed by atoms with Crippen molar-refractivity contribution < 1.29 is 0 Å². The van der Waals surface area contributed by atoms with Crippen molar-refractivity contribution in [3.05, 3.63) is 53.9 Å². The van der Waals surface area contributed by atoms with Crippen LogP contribution in [0.4, 0.5) is 0 Å². The van der Waals surface area contributed by atoms with Gasteiger partial charge in [-0.2, -0.15) is 5.10 Å². The van der Waals surface area contributed by atoms with Crippen LogP contribution in [0, 0.1) is 0 Å². The molecule has 0 atom stereocenters. The van der Waals surface area contributed by atoms with Crippen molar-refractivity contribution in [1.29, 1.82) is 0 Å². The Labute approximate surface area is 127 Å². The van der Waals surface area contributed by atoms with Crippen LogP contribution in [0.15, 0.2) is 42.7 Å². The SMILES string of the molecule is CCN(CC)CCNCc1cnn(Cc2ccccc2)c1. The molecule has 4 heteroatoms. The van der Waals surface area contributed by atoms with Gasteiger partial charge in [-0.25, -0.2) is 0 Å². The summed E-state index contributed by atoms with van der Waals surface area (Å²) in [5.74, 6) is 0. The van der Waals surface area contributed by atoms with E-state index in [4.69, 9.17) is 0 Å². The quantitative estimate of drug-likeness (QED) is 0.718. The summed E-state index contributed by atoms with van der Waals surface area (Å²) in [6.07, 6.45) is 4.07. The lowest BCUT2D eigenvalue weighted by Gasteiger charge is -2.17. The van der Waals surface area contributed by atoms with E-state index in [9.17, 15) is 0 Å². The summed E-state index contributed by atoms with van der Waals surface area (Å²) >= 11 is 0. The lowest BCUT2D eigenvalue weighted by Crippen LogP contribution is -2.31. The first-order chi connectivity index (χ1) is 10.3. The van der Waals surface area contributed by atoms with E-state index >= 15 is 0 Å². The van der Waals surface area contributed by atoms with Gasteiger partial charge in [0.2, 0.25) is 0 Å². The highest BCUT2D eigenvalue weighted by Crippen LogP contribution is 2.03. The highest BCUT2D eigenvalue weighted by atomic mass is 15.3. The lowest BCUT2D eigenvalue weighted by atomic mass is 10.2. The van der Waals surface area contributed by atoms with E-state index in [0.717, 1.165) is 39.3 Å². The van der Waals surface area contributed by atoms with Gasteiger partial charge in [-0.05, 0) is 18.7 Å². The Morgan fingerprint density at radius 1 is 1.10 bits per heavy atom. The standard InChI is InChI=1S/C17H26N4/c1-3-20(4-2)11-10-18-12-17-13-19-21(15-17)14-16-8-6-5-7-9-16/h5-9,13,15,18H,3-4,10-12,14H2,1-2H3. The molecule has 0 unspecified atom stereocenters. The zero-order valence-electron chi connectivity index (χ0n) is 13.1. The molecule has 1 heterocycles. The van der Waals surface area contributed by atoms with Crippen molar-refractivity contribution in [2.24, 2.45) is 0 Å². The van der Waals surface area contributed by atoms with Crippen molar-refractivity contribution in [3.63, 3.8) is 0 Å². The van der Waals surface area contributed by atoms with E-state index in [1.54, 1.807) is 0 Å². The number of nitrogens with one attached hydrogen (secondary N) is 1. The van der Waals surface area contributed by atoms with Crippen molar-refractivity contribution in [1.82, 2.24) is 20.0 Å². The first kappa shape index (κ1) is 15.7. The Hall–Kier alpha value is -1.65. The smallest absolute Gasteiger partial charge is 0.0659 e. The Bertz CT molecular complexity index is 503. The predicted octanol–water partition coefficient (Wildman–Crippen LogP) is 2.36. The van der Waals surface area contributed by atoms with E-state index in [2.05, 4.69) is 59.6 Å². The Kier molecular flexibility index (Phi) is 6.44. The minimum Gasteiger partial charge on any atom is -0.311 e. The molecule has 0 saturated heterocycles. The molecule has 4 nitrogen and oxygen atoms in total. The zero-order valence-corrected chi connectivity index (χ0v) is 13.1. The fourth-order valence-corrected chi connectivity index (χ4v) is 2.36. The van der Waals surface area contributed by atoms with Gasteiger partial charge in [0, 0.05) is 31.4 Å². The minimum absolute atomic E-state index is 0.834. The van der Waals surface area contributed by atoms with Crippen LogP contribution in [0.3, 0.4) is 0 Å². The maximum Gasteiger partial charge on any atom is 0.0659 e. The summed E-state index contributed by atoms with van der Waals surface area (Å²) in [6.45, 7) is 10.5. The molecule has 0 radical (unpaired) electrons. The number of rotatable bonds is 9. The number of nitrogens with zero attached hydrogens (tertiary/aromatic N) is 3. The van der Waals surface area contributed by atoms with Crippen LogP contribution in [-0.2, 0) is 13.1 Å². The van der Waals surface area contributed by atoms with Gasteiger partial charge in [0.15, 0.2) is 0 Å². The first-order valence-electron chi connectivity index (χ1n) is 7.80. The number of likely N-dealkylation sites (N-methyl/N-ethyl adjacent to an activating group) is 1. The molecule has 0 bridgehead atoms. The summed E-state index contributed by atoms with van der Waals surface area (Å²) in [5, 5.41) is 7.91. The van der Waals surface area contributed by atoms with Crippen LogP contribution in [-0.4, -0.2) is 40.9 Å². The summed E-state index contributed by atoms with van der Waals surface area (Å²) < 4.78 is 2.00. The van der Waals surface area contributed by atoms with Crippen LogP contribution in [0.2, 0.25) is 0 Å². The fraction of sp³-hybridized carbons (Fsp3) is 0.471. The van der Waals surface area contributed by atoms with Gasteiger partial charge in [-0.3, -0.25) is 4.68 Å². The van der Waals surface area contributed by atoms with Gasteiger partial charge < -0.3 is 10.2 Å². The molecule has 0 saturated carbocycles. The molecular formula is C17H26N4. The normalized spacial score (nSPS) is 11.2. The Morgan fingerprint density at radius 3 is 2.57 bits per heavy atom. The monoisotopic (exact) mass is 286 g/mol. The summed E-state index contributed by atoms with van der Waals surface area (Å²) in [7, 11) is 0. The molecule has 0 fully saturated rings. The second-order valence-electron chi connectivity index (χ2n) is 5.24. The molecule has 1 aromatic heterocycles. The Balaban J connectivity index is 1.73.